The van der Waals surface area contributed by atoms with Crippen LogP contribution in [0.15, 0.2) is 28.7 Å². The van der Waals surface area contributed by atoms with Crippen LogP contribution in [0.3, 0.4) is 0 Å². The average molecular weight is 376 g/mol. The van der Waals surface area contributed by atoms with Gasteiger partial charge in [-0.15, -0.1) is 0 Å². The molecule has 2 heterocycles. The molecule has 0 bridgehead atoms. The zero-order chi connectivity index (χ0) is 15.1. The summed E-state index contributed by atoms with van der Waals surface area (Å²) in [5, 5.41) is 6.13. The summed E-state index contributed by atoms with van der Waals surface area (Å²) in [6, 6.07) is 8.32. The quantitative estimate of drug-likeness (QED) is 0.585. The molecule has 5 heteroatoms. The first kappa shape index (κ1) is 14.4. The smallest absolute Gasteiger partial charge is 0.212 e. The van der Waals surface area contributed by atoms with E-state index < -0.39 is 0 Å². The van der Waals surface area contributed by atoms with Gasteiger partial charge >= 0.3 is 0 Å². The van der Waals surface area contributed by atoms with Crippen molar-refractivity contribution in [2.24, 2.45) is 0 Å². The first-order valence-electron chi connectivity index (χ1n) is 7.84. The molecular weight excluding hydrogens is 358 g/mol. The molecule has 1 aliphatic carbocycles. The molecule has 114 valence electrons. The van der Waals surface area contributed by atoms with Crippen LogP contribution in [0.5, 0.6) is 0 Å². The summed E-state index contributed by atoms with van der Waals surface area (Å²) in [4.78, 5) is 5.86. The van der Waals surface area contributed by atoms with Crippen LogP contribution in [-0.2, 0) is 0 Å². The number of rotatable bonds is 2. The molecule has 2 aromatic heterocycles. The molecule has 0 radical (unpaired) electrons. The minimum Gasteiger partial charge on any atom is -0.217 e. The zero-order valence-electron chi connectivity index (χ0n) is 12.6. The van der Waals surface area contributed by atoms with Crippen LogP contribution in [0.1, 0.15) is 48.7 Å². The van der Waals surface area contributed by atoms with Crippen molar-refractivity contribution in [3.8, 4) is 11.3 Å². The van der Waals surface area contributed by atoms with Gasteiger partial charge in [-0.05, 0) is 31.9 Å². The van der Waals surface area contributed by atoms with Crippen molar-refractivity contribution in [1.82, 2.24) is 14.6 Å². The Balaban J connectivity index is 1.72. The van der Waals surface area contributed by atoms with E-state index in [0.29, 0.717) is 5.92 Å². The van der Waals surface area contributed by atoms with Crippen LogP contribution in [-0.4, -0.2) is 14.6 Å². The Morgan fingerprint density at radius 1 is 1.14 bits per heavy atom. The van der Waals surface area contributed by atoms with Gasteiger partial charge in [-0.2, -0.15) is 5.10 Å². The maximum absolute atomic E-state index is 4.86. The van der Waals surface area contributed by atoms with E-state index in [1.54, 1.807) is 11.3 Å². The number of aromatic nitrogens is 3. The molecule has 3 aromatic rings. The van der Waals surface area contributed by atoms with Crippen LogP contribution in [0.25, 0.3) is 16.2 Å². The Kier molecular flexibility index (Phi) is 3.78. The summed E-state index contributed by atoms with van der Waals surface area (Å²) in [6.07, 6.45) is 6.64. The Labute approximate surface area is 142 Å². The van der Waals surface area contributed by atoms with Crippen molar-refractivity contribution in [3.05, 3.63) is 39.4 Å². The van der Waals surface area contributed by atoms with Gasteiger partial charge < -0.3 is 0 Å². The lowest BCUT2D eigenvalue weighted by Crippen LogP contribution is -2.04. The van der Waals surface area contributed by atoms with Crippen molar-refractivity contribution < 1.29 is 0 Å². The molecular formula is C17H18BrN3S. The molecule has 0 N–H and O–H groups in total. The van der Waals surface area contributed by atoms with Gasteiger partial charge in [-0.25, -0.2) is 9.50 Å². The second-order valence-corrected chi connectivity index (χ2v) is 7.93. The number of aryl methyl sites for hydroxylation is 1. The molecule has 0 amide bonds. The Bertz CT molecular complexity index is 797. The SMILES string of the molecule is Cc1c(-c2ccc(Br)cc2)nc2sc(C3CCCCC3)nn12. The van der Waals surface area contributed by atoms with Crippen molar-refractivity contribution in [3.63, 3.8) is 0 Å². The predicted octanol–water partition coefficient (Wildman–Crippen LogP) is 5.58. The Morgan fingerprint density at radius 3 is 2.55 bits per heavy atom. The van der Waals surface area contributed by atoms with Gasteiger partial charge in [0.1, 0.15) is 5.01 Å². The molecule has 1 saturated carbocycles. The van der Waals surface area contributed by atoms with Crippen LogP contribution >= 0.6 is 27.3 Å². The number of imidazole rings is 1. The van der Waals surface area contributed by atoms with E-state index in [-0.39, 0.29) is 0 Å². The molecule has 0 aliphatic heterocycles. The lowest BCUT2D eigenvalue weighted by atomic mass is 9.90. The van der Waals surface area contributed by atoms with Gasteiger partial charge in [-0.3, -0.25) is 0 Å². The summed E-state index contributed by atoms with van der Waals surface area (Å²) >= 11 is 5.25. The van der Waals surface area contributed by atoms with E-state index in [4.69, 9.17) is 10.1 Å². The Morgan fingerprint density at radius 2 is 1.86 bits per heavy atom. The number of hydrogen-bond donors (Lipinski definition) is 0. The fourth-order valence-corrected chi connectivity index (χ4v) is 4.64. The number of fused-ring (bicyclic) bond motifs is 1. The van der Waals surface area contributed by atoms with E-state index >= 15 is 0 Å². The first-order valence-corrected chi connectivity index (χ1v) is 9.45. The maximum Gasteiger partial charge on any atom is 0.212 e. The lowest BCUT2D eigenvalue weighted by molar-refractivity contribution is 0.439. The Hall–Kier alpha value is -1.20. The zero-order valence-corrected chi connectivity index (χ0v) is 15.0. The molecule has 1 aromatic carbocycles. The monoisotopic (exact) mass is 375 g/mol. The lowest BCUT2D eigenvalue weighted by Gasteiger charge is -2.18. The van der Waals surface area contributed by atoms with E-state index in [2.05, 4.69) is 47.1 Å². The fourth-order valence-electron chi connectivity index (χ4n) is 3.26. The molecule has 3 nitrogen and oxygen atoms in total. The minimum atomic E-state index is 0.649. The number of nitrogens with zero attached hydrogens (tertiary/aromatic N) is 3. The van der Waals surface area contributed by atoms with Crippen molar-refractivity contribution in [2.45, 2.75) is 44.9 Å². The standard InChI is InChI=1S/C17H18BrN3S/c1-11-15(12-7-9-14(18)10-8-12)19-17-21(11)20-16(22-17)13-5-3-2-4-6-13/h7-10,13H,2-6H2,1H3. The second kappa shape index (κ2) is 5.78. The number of hydrogen-bond acceptors (Lipinski definition) is 3. The van der Waals surface area contributed by atoms with Gasteiger partial charge in [0.25, 0.3) is 0 Å². The maximum atomic E-state index is 4.86. The molecule has 1 fully saturated rings. The number of halogens is 1. The van der Waals surface area contributed by atoms with Gasteiger partial charge in [-0.1, -0.05) is 58.7 Å². The molecule has 0 atom stereocenters. The number of benzene rings is 1. The highest BCUT2D eigenvalue weighted by Crippen LogP contribution is 2.36. The topological polar surface area (TPSA) is 30.2 Å². The third kappa shape index (κ3) is 2.50. The van der Waals surface area contributed by atoms with Gasteiger partial charge in [0, 0.05) is 16.0 Å². The predicted molar refractivity (Wildman–Crippen MR) is 94.6 cm³/mol. The summed E-state index contributed by atoms with van der Waals surface area (Å²) in [6.45, 7) is 2.11. The molecule has 22 heavy (non-hydrogen) atoms. The molecule has 0 unspecified atom stereocenters. The highest BCUT2D eigenvalue weighted by atomic mass is 79.9. The summed E-state index contributed by atoms with van der Waals surface area (Å²) in [5.41, 5.74) is 3.33. The van der Waals surface area contributed by atoms with Gasteiger partial charge in [0.05, 0.1) is 11.4 Å². The van der Waals surface area contributed by atoms with E-state index in [1.165, 1.54) is 37.1 Å². The third-order valence-electron chi connectivity index (χ3n) is 4.52. The van der Waals surface area contributed by atoms with E-state index in [1.807, 2.05) is 4.52 Å². The van der Waals surface area contributed by atoms with E-state index in [0.717, 1.165) is 26.4 Å². The first-order chi connectivity index (χ1) is 10.7. The van der Waals surface area contributed by atoms with E-state index in [9.17, 15) is 0 Å². The highest BCUT2D eigenvalue weighted by molar-refractivity contribution is 9.10. The second-order valence-electron chi connectivity index (χ2n) is 6.02. The summed E-state index contributed by atoms with van der Waals surface area (Å²) in [5.74, 6) is 0.649. The third-order valence-corrected chi connectivity index (χ3v) is 6.12. The van der Waals surface area contributed by atoms with Crippen LogP contribution in [0.4, 0.5) is 0 Å². The van der Waals surface area contributed by atoms with Crippen LogP contribution in [0, 0.1) is 6.92 Å². The fraction of sp³-hybridized carbons (Fsp3) is 0.412. The molecule has 4 rings (SSSR count). The normalized spacial score (nSPS) is 16.5. The van der Waals surface area contributed by atoms with Gasteiger partial charge in [0.2, 0.25) is 4.96 Å². The largest absolute Gasteiger partial charge is 0.217 e. The molecule has 0 saturated heterocycles. The summed E-state index contributed by atoms with van der Waals surface area (Å²) in [7, 11) is 0. The highest BCUT2D eigenvalue weighted by Gasteiger charge is 2.22. The van der Waals surface area contributed by atoms with Gasteiger partial charge in [0.15, 0.2) is 0 Å². The molecule has 1 aliphatic rings. The summed E-state index contributed by atoms with van der Waals surface area (Å²) < 4.78 is 3.12. The van der Waals surface area contributed by atoms with Crippen molar-refractivity contribution >= 4 is 32.2 Å². The molecule has 0 spiro atoms. The average Bonchev–Trinajstić information content (AvgIpc) is 3.09. The van der Waals surface area contributed by atoms with Crippen molar-refractivity contribution in [2.75, 3.05) is 0 Å². The minimum absolute atomic E-state index is 0.649. The van der Waals surface area contributed by atoms with Crippen LogP contribution < -0.4 is 0 Å². The van der Waals surface area contributed by atoms with Crippen LogP contribution in [0.2, 0.25) is 0 Å². The van der Waals surface area contributed by atoms with Crippen molar-refractivity contribution in [1.29, 1.82) is 0 Å².